The fourth-order valence-electron chi connectivity index (χ4n) is 0.732. The molecular formula is C7H8FNO3. The van der Waals surface area contributed by atoms with Crippen LogP contribution in [-0.2, 0) is 4.74 Å². The first-order valence-corrected chi connectivity index (χ1v) is 3.20. The van der Waals surface area contributed by atoms with Gasteiger partial charge in [0.1, 0.15) is 11.4 Å². The molecule has 0 aliphatic heterocycles. The number of rotatable bonds is 2. The number of aliphatic hydroxyl groups is 1. The zero-order valence-corrected chi connectivity index (χ0v) is 6.36. The largest absolute Gasteiger partial charge is 0.506 e. The van der Waals surface area contributed by atoms with Crippen LogP contribution < -0.4 is 0 Å². The first-order chi connectivity index (χ1) is 5.65. The summed E-state index contributed by atoms with van der Waals surface area (Å²) in [5, 5.41) is 17.8. The Labute approximate surface area is 68.2 Å². The minimum absolute atomic E-state index is 0.240. The molecule has 1 aromatic rings. The van der Waals surface area contributed by atoms with E-state index in [0.29, 0.717) is 0 Å². The molecule has 0 radical (unpaired) electrons. The zero-order chi connectivity index (χ0) is 9.14. The summed E-state index contributed by atoms with van der Waals surface area (Å²) in [6.07, 6.45) is -0.369. The SMILES string of the molecule is COC(O)c1ncc(O)cc1F. The number of ether oxygens (including phenoxy) is 1. The van der Waals surface area contributed by atoms with E-state index in [4.69, 9.17) is 10.2 Å². The molecule has 1 aromatic heterocycles. The van der Waals surface area contributed by atoms with Gasteiger partial charge >= 0.3 is 0 Å². The molecule has 5 heteroatoms. The predicted octanol–water partition coefficient (Wildman–Crippen LogP) is 0.564. The van der Waals surface area contributed by atoms with E-state index in [2.05, 4.69) is 9.72 Å². The van der Waals surface area contributed by atoms with E-state index < -0.39 is 12.1 Å². The molecule has 4 nitrogen and oxygen atoms in total. The fraction of sp³-hybridized carbons (Fsp3) is 0.286. The number of aromatic hydroxyl groups is 1. The molecule has 0 aromatic carbocycles. The van der Waals surface area contributed by atoms with Crippen LogP contribution >= 0.6 is 0 Å². The number of aromatic nitrogens is 1. The first-order valence-electron chi connectivity index (χ1n) is 3.20. The molecule has 0 bridgehead atoms. The van der Waals surface area contributed by atoms with Gasteiger partial charge < -0.3 is 14.9 Å². The van der Waals surface area contributed by atoms with E-state index >= 15 is 0 Å². The molecule has 1 atom stereocenters. The molecule has 1 heterocycles. The van der Waals surface area contributed by atoms with Gasteiger partial charge in [-0.1, -0.05) is 0 Å². The molecule has 0 aliphatic carbocycles. The molecule has 0 spiro atoms. The standard InChI is InChI=1S/C7H8FNO3/c1-12-7(11)6-5(8)2-4(10)3-9-6/h2-3,7,10-11H,1H3. The monoisotopic (exact) mass is 173 g/mol. The van der Waals surface area contributed by atoms with Crippen LogP contribution in [0.3, 0.4) is 0 Å². The number of hydrogen-bond acceptors (Lipinski definition) is 4. The van der Waals surface area contributed by atoms with Crippen LogP contribution in [0.5, 0.6) is 5.75 Å². The number of pyridine rings is 1. The van der Waals surface area contributed by atoms with Crippen molar-refractivity contribution in [3.63, 3.8) is 0 Å². The van der Waals surface area contributed by atoms with E-state index in [-0.39, 0.29) is 11.4 Å². The molecule has 0 amide bonds. The highest BCUT2D eigenvalue weighted by Gasteiger charge is 2.13. The minimum atomic E-state index is -1.40. The molecule has 1 rings (SSSR count). The lowest BCUT2D eigenvalue weighted by molar-refractivity contribution is -0.0821. The maximum Gasteiger partial charge on any atom is 0.201 e. The lowest BCUT2D eigenvalue weighted by atomic mass is 10.3. The maximum absolute atomic E-state index is 12.8. The van der Waals surface area contributed by atoms with Crippen molar-refractivity contribution in [2.75, 3.05) is 7.11 Å². The normalized spacial score (nSPS) is 12.9. The van der Waals surface area contributed by atoms with Crippen molar-refractivity contribution >= 4 is 0 Å². The van der Waals surface area contributed by atoms with Crippen LogP contribution in [0.2, 0.25) is 0 Å². The number of methoxy groups -OCH3 is 1. The summed E-state index contributed by atoms with van der Waals surface area (Å²) < 4.78 is 17.3. The molecule has 0 saturated carbocycles. The van der Waals surface area contributed by atoms with Gasteiger partial charge in [-0.05, 0) is 0 Å². The Morgan fingerprint density at radius 3 is 2.83 bits per heavy atom. The summed E-state index contributed by atoms with van der Waals surface area (Å²) in [5.41, 5.74) is -0.240. The highest BCUT2D eigenvalue weighted by Crippen LogP contribution is 2.17. The van der Waals surface area contributed by atoms with E-state index in [1.807, 2.05) is 0 Å². The van der Waals surface area contributed by atoms with Crippen LogP contribution in [0.25, 0.3) is 0 Å². The number of aliphatic hydroxyl groups excluding tert-OH is 1. The minimum Gasteiger partial charge on any atom is -0.506 e. The first kappa shape index (κ1) is 8.89. The van der Waals surface area contributed by atoms with Crippen molar-refractivity contribution in [2.24, 2.45) is 0 Å². The van der Waals surface area contributed by atoms with Crippen molar-refractivity contribution in [1.29, 1.82) is 0 Å². The maximum atomic E-state index is 12.8. The Balaban J connectivity index is 3.01. The number of nitrogens with zero attached hydrogens (tertiary/aromatic N) is 1. The van der Waals surface area contributed by atoms with E-state index in [1.165, 1.54) is 7.11 Å². The fourth-order valence-corrected chi connectivity index (χ4v) is 0.732. The van der Waals surface area contributed by atoms with Crippen molar-refractivity contribution in [3.05, 3.63) is 23.8 Å². The summed E-state index contributed by atoms with van der Waals surface area (Å²) in [6, 6.07) is 0.852. The van der Waals surface area contributed by atoms with Crippen LogP contribution in [0.15, 0.2) is 12.3 Å². The van der Waals surface area contributed by atoms with Crippen LogP contribution in [0, 0.1) is 5.82 Å². The van der Waals surface area contributed by atoms with Crippen molar-refractivity contribution < 1.29 is 19.3 Å². The van der Waals surface area contributed by atoms with Crippen molar-refractivity contribution in [1.82, 2.24) is 4.98 Å². The Bertz CT molecular complexity index is 279. The smallest absolute Gasteiger partial charge is 0.201 e. The van der Waals surface area contributed by atoms with E-state index in [1.54, 1.807) is 0 Å². The van der Waals surface area contributed by atoms with Gasteiger partial charge in [-0.15, -0.1) is 0 Å². The average molecular weight is 173 g/mol. The van der Waals surface area contributed by atoms with Gasteiger partial charge in [-0.3, -0.25) is 0 Å². The molecule has 0 saturated heterocycles. The quantitative estimate of drug-likeness (QED) is 0.641. The summed E-state index contributed by atoms with van der Waals surface area (Å²) in [7, 11) is 1.22. The second-order valence-corrected chi connectivity index (χ2v) is 2.15. The highest BCUT2D eigenvalue weighted by molar-refractivity contribution is 5.20. The predicted molar refractivity (Wildman–Crippen MR) is 37.8 cm³/mol. The number of halogens is 1. The van der Waals surface area contributed by atoms with Gasteiger partial charge in [0.25, 0.3) is 0 Å². The Hall–Kier alpha value is -1.20. The third-order valence-electron chi connectivity index (χ3n) is 1.31. The Morgan fingerprint density at radius 1 is 1.67 bits per heavy atom. The van der Waals surface area contributed by atoms with Gasteiger partial charge in [0.05, 0.1) is 6.20 Å². The third-order valence-corrected chi connectivity index (χ3v) is 1.31. The molecular weight excluding hydrogens is 165 g/mol. The van der Waals surface area contributed by atoms with Crippen LogP contribution in [-0.4, -0.2) is 22.3 Å². The Morgan fingerprint density at radius 2 is 2.33 bits per heavy atom. The summed E-state index contributed by atoms with van der Waals surface area (Å²) >= 11 is 0. The molecule has 1 unspecified atom stereocenters. The Kier molecular flexibility index (Phi) is 2.57. The lowest BCUT2D eigenvalue weighted by Crippen LogP contribution is -2.04. The molecule has 0 aliphatic rings. The lowest BCUT2D eigenvalue weighted by Gasteiger charge is -2.07. The third kappa shape index (κ3) is 1.69. The zero-order valence-electron chi connectivity index (χ0n) is 6.36. The van der Waals surface area contributed by atoms with Crippen LogP contribution in [0.1, 0.15) is 12.0 Å². The summed E-state index contributed by atoms with van der Waals surface area (Å²) in [5.74, 6) is -1.09. The van der Waals surface area contributed by atoms with Crippen molar-refractivity contribution in [2.45, 2.75) is 6.29 Å². The second-order valence-electron chi connectivity index (χ2n) is 2.15. The average Bonchev–Trinajstić information content (AvgIpc) is 2.03. The van der Waals surface area contributed by atoms with Gasteiger partial charge in [-0.25, -0.2) is 9.37 Å². The van der Waals surface area contributed by atoms with Gasteiger partial charge in [-0.2, -0.15) is 0 Å². The summed E-state index contributed by atoms with van der Waals surface area (Å²) in [4.78, 5) is 3.45. The number of hydrogen-bond donors (Lipinski definition) is 2. The topological polar surface area (TPSA) is 62.6 Å². The highest BCUT2D eigenvalue weighted by atomic mass is 19.1. The molecule has 2 N–H and O–H groups in total. The summed E-state index contributed by atoms with van der Waals surface area (Å²) in [6.45, 7) is 0. The van der Waals surface area contributed by atoms with Gasteiger partial charge in [0.2, 0.25) is 6.29 Å². The molecule has 12 heavy (non-hydrogen) atoms. The van der Waals surface area contributed by atoms with E-state index in [9.17, 15) is 4.39 Å². The molecule has 0 fully saturated rings. The second kappa shape index (κ2) is 3.46. The van der Waals surface area contributed by atoms with Gasteiger partial charge in [0.15, 0.2) is 5.82 Å². The van der Waals surface area contributed by atoms with Crippen molar-refractivity contribution in [3.8, 4) is 5.75 Å². The van der Waals surface area contributed by atoms with E-state index in [0.717, 1.165) is 12.3 Å². The van der Waals surface area contributed by atoms with Gasteiger partial charge in [0, 0.05) is 13.2 Å². The molecule has 66 valence electrons. The van der Waals surface area contributed by atoms with Crippen LogP contribution in [0.4, 0.5) is 4.39 Å².